The van der Waals surface area contributed by atoms with Crippen LogP contribution in [0, 0.1) is 0 Å². The zero-order valence-corrected chi connectivity index (χ0v) is 17.1. The smallest absolute Gasteiger partial charge is 0.313 e. The maximum atomic E-state index is 12.0. The van der Waals surface area contributed by atoms with Crippen LogP contribution in [0.3, 0.4) is 0 Å². The third kappa shape index (κ3) is 6.32. The largest absolute Gasteiger partial charge is 0.369 e. The fourth-order valence-corrected chi connectivity index (χ4v) is 3.46. The van der Waals surface area contributed by atoms with E-state index in [9.17, 15) is 9.59 Å². The summed E-state index contributed by atoms with van der Waals surface area (Å²) in [4.78, 5) is 28.8. The Hall–Kier alpha value is -2.86. The van der Waals surface area contributed by atoms with Crippen LogP contribution in [0.5, 0.6) is 0 Å². The van der Waals surface area contributed by atoms with E-state index in [1.807, 2.05) is 30.3 Å². The number of piperazine rings is 1. The van der Waals surface area contributed by atoms with E-state index in [0.29, 0.717) is 12.2 Å². The second-order valence-electron chi connectivity index (χ2n) is 7.28. The van der Waals surface area contributed by atoms with Crippen molar-refractivity contribution in [1.29, 1.82) is 0 Å². The fourth-order valence-electron chi connectivity index (χ4n) is 3.46. The Bertz CT molecular complexity index is 784. The summed E-state index contributed by atoms with van der Waals surface area (Å²) in [7, 11) is 0. The minimum atomic E-state index is -0.620. The minimum absolute atomic E-state index is 0.500. The van der Waals surface area contributed by atoms with Gasteiger partial charge in [-0.15, -0.1) is 0 Å². The number of aryl methyl sites for hydroxylation is 1. The van der Waals surface area contributed by atoms with Crippen LogP contribution in [0.15, 0.2) is 54.6 Å². The predicted octanol–water partition coefficient (Wildman–Crippen LogP) is 2.52. The van der Waals surface area contributed by atoms with Crippen molar-refractivity contribution >= 4 is 23.2 Å². The maximum Gasteiger partial charge on any atom is 0.313 e. The molecule has 2 amide bonds. The summed E-state index contributed by atoms with van der Waals surface area (Å²) in [6.07, 6.45) is 1.77. The van der Waals surface area contributed by atoms with Crippen molar-refractivity contribution in [2.45, 2.75) is 19.8 Å². The van der Waals surface area contributed by atoms with E-state index in [1.54, 1.807) is 0 Å². The van der Waals surface area contributed by atoms with Gasteiger partial charge in [-0.05, 0) is 49.2 Å². The average molecular weight is 395 g/mol. The van der Waals surface area contributed by atoms with Crippen LogP contribution in [0.25, 0.3) is 0 Å². The molecule has 0 aromatic heterocycles. The van der Waals surface area contributed by atoms with Gasteiger partial charge in [-0.2, -0.15) is 0 Å². The molecule has 3 rings (SSSR count). The quantitative estimate of drug-likeness (QED) is 0.560. The van der Waals surface area contributed by atoms with E-state index in [0.717, 1.165) is 45.6 Å². The molecule has 0 radical (unpaired) electrons. The number of amides is 2. The Morgan fingerprint density at radius 1 is 0.897 bits per heavy atom. The molecule has 0 bridgehead atoms. The summed E-state index contributed by atoms with van der Waals surface area (Å²) in [6.45, 7) is 7.53. The highest BCUT2D eigenvalue weighted by Gasteiger charge is 2.17. The van der Waals surface area contributed by atoms with E-state index >= 15 is 0 Å². The van der Waals surface area contributed by atoms with Crippen molar-refractivity contribution in [3.05, 3.63) is 60.2 Å². The van der Waals surface area contributed by atoms with Crippen molar-refractivity contribution < 1.29 is 9.59 Å². The molecule has 29 heavy (non-hydrogen) atoms. The van der Waals surface area contributed by atoms with Crippen LogP contribution in [-0.4, -0.2) is 56.0 Å². The first-order valence-corrected chi connectivity index (χ1v) is 10.4. The number of nitrogens with zero attached hydrogens (tertiary/aromatic N) is 2. The number of benzene rings is 2. The minimum Gasteiger partial charge on any atom is -0.369 e. The monoisotopic (exact) mass is 394 g/mol. The lowest BCUT2D eigenvalue weighted by atomic mass is 10.1. The van der Waals surface area contributed by atoms with Crippen molar-refractivity contribution in [2.24, 2.45) is 0 Å². The van der Waals surface area contributed by atoms with Crippen molar-refractivity contribution in [3.63, 3.8) is 0 Å². The van der Waals surface area contributed by atoms with Gasteiger partial charge in [-0.1, -0.05) is 37.3 Å². The van der Waals surface area contributed by atoms with Crippen LogP contribution in [0.2, 0.25) is 0 Å². The van der Waals surface area contributed by atoms with Crippen LogP contribution >= 0.6 is 0 Å². The number of carbonyl (C=O) groups is 2. The Morgan fingerprint density at radius 2 is 1.59 bits per heavy atom. The number of nitrogens with one attached hydrogen (secondary N) is 2. The lowest BCUT2D eigenvalue weighted by Gasteiger charge is -2.36. The predicted molar refractivity (Wildman–Crippen MR) is 117 cm³/mol. The molecule has 0 aliphatic carbocycles. The first kappa shape index (κ1) is 20.9. The highest BCUT2D eigenvalue weighted by Crippen LogP contribution is 2.15. The first-order chi connectivity index (χ1) is 14.2. The molecule has 2 aromatic rings. The first-order valence-electron chi connectivity index (χ1n) is 10.4. The van der Waals surface area contributed by atoms with Gasteiger partial charge < -0.3 is 15.5 Å². The molecule has 1 saturated heterocycles. The lowest BCUT2D eigenvalue weighted by Crippen LogP contribution is -2.47. The normalized spacial score (nSPS) is 14.4. The molecule has 0 saturated carbocycles. The Kier molecular flexibility index (Phi) is 7.64. The maximum absolute atomic E-state index is 12.0. The Balaban J connectivity index is 1.31. The van der Waals surface area contributed by atoms with Gasteiger partial charge in [-0.25, -0.2) is 0 Å². The standard InChI is InChI=1S/C23H30N4O2/c1-2-19-9-11-20(12-10-19)25-23(29)22(28)24-13-6-14-26-15-17-27(18-16-26)21-7-4-3-5-8-21/h3-5,7-12H,2,6,13-18H2,1H3,(H,24,28)(H,25,29). The third-order valence-corrected chi connectivity index (χ3v) is 5.26. The van der Waals surface area contributed by atoms with Crippen molar-refractivity contribution in [3.8, 4) is 0 Å². The molecule has 0 spiro atoms. The van der Waals surface area contributed by atoms with Crippen molar-refractivity contribution in [2.75, 3.05) is 49.5 Å². The second-order valence-corrected chi connectivity index (χ2v) is 7.28. The van der Waals surface area contributed by atoms with E-state index < -0.39 is 11.8 Å². The van der Waals surface area contributed by atoms with E-state index in [4.69, 9.17) is 0 Å². The van der Waals surface area contributed by atoms with Crippen LogP contribution in [0.1, 0.15) is 18.9 Å². The number of hydrogen-bond acceptors (Lipinski definition) is 4. The lowest BCUT2D eigenvalue weighted by molar-refractivity contribution is -0.136. The van der Waals surface area contributed by atoms with Gasteiger partial charge in [0.25, 0.3) is 0 Å². The molecular formula is C23H30N4O2. The summed E-state index contributed by atoms with van der Waals surface area (Å²) in [5, 5.41) is 5.35. The van der Waals surface area contributed by atoms with Crippen molar-refractivity contribution in [1.82, 2.24) is 10.2 Å². The summed E-state index contributed by atoms with van der Waals surface area (Å²) < 4.78 is 0. The van der Waals surface area contributed by atoms with Gasteiger partial charge >= 0.3 is 11.8 Å². The highest BCUT2D eigenvalue weighted by molar-refractivity contribution is 6.39. The molecule has 2 aromatic carbocycles. The van der Waals surface area contributed by atoms with Gasteiger partial charge in [0.15, 0.2) is 0 Å². The highest BCUT2D eigenvalue weighted by atomic mass is 16.2. The molecule has 1 aliphatic rings. The van der Waals surface area contributed by atoms with Gasteiger partial charge in [0, 0.05) is 44.1 Å². The number of anilines is 2. The third-order valence-electron chi connectivity index (χ3n) is 5.26. The van der Waals surface area contributed by atoms with Crippen LogP contribution in [0.4, 0.5) is 11.4 Å². The zero-order chi connectivity index (χ0) is 20.5. The Labute approximate surface area is 172 Å². The SMILES string of the molecule is CCc1ccc(NC(=O)C(=O)NCCCN2CCN(c3ccccc3)CC2)cc1. The van der Waals surface area contributed by atoms with Crippen LogP contribution < -0.4 is 15.5 Å². The Morgan fingerprint density at radius 3 is 2.24 bits per heavy atom. The summed E-state index contributed by atoms with van der Waals surface area (Å²) >= 11 is 0. The summed E-state index contributed by atoms with van der Waals surface area (Å²) in [6, 6.07) is 18.0. The fraction of sp³-hybridized carbons (Fsp3) is 0.391. The molecule has 6 nitrogen and oxygen atoms in total. The number of carbonyl (C=O) groups excluding carboxylic acids is 2. The second kappa shape index (κ2) is 10.6. The molecule has 1 aliphatic heterocycles. The van der Waals surface area contributed by atoms with Crippen LogP contribution in [-0.2, 0) is 16.0 Å². The number of hydrogen-bond donors (Lipinski definition) is 2. The molecule has 1 fully saturated rings. The molecule has 2 N–H and O–H groups in total. The van der Waals surface area contributed by atoms with E-state index in [-0.39, 0.29) is 0 Å². The van der Waals surface area contributed by atoms with Gasteiger partial charge in [0.2, 0.25) is 0 Å². The molecule has 0 atom stereocenters. The van der Waals surface area contributed by atoms with E-state index in [1.165, 1.54) is 11.3 Å². The van der Waals surface area contributed by atoms with Gasteiger partial charge in [0.05, 0.1) is 0 Å². The molecule has 0 unspecified atom stereocenters. The molecule has 154 valence electrons. The average Bonchev–Trinajstić information content (AvgIpc) is 2.78. The summed E-state index contributed by atoms with van der Waals surface area (Å²) in [5.41, 5.74) is 3.10. The number of rotatable bonds is 7. The molecule has 6 heteroatoms. The molecular weight excluding hydrogens is 364 g/mol. The topological polar surface area (TPSA) is 64.7 Å². The van der Waals surface area contributed by atoms with Gasteiger partial charge in [0.1, 0.15) is 0 Å². The van der Waals surface area contributed by atoms with Gasteiger partial charge in [-0.3, -0.25) is 14.5 Å². The van der Waals surface area contributed by atoms with E-state index in [2.05, 4.69) is 51.6 Å². The number of para-hydroxylation sites is 1. The molecule has 1 heterocycles. The summed E-state index contributed by atoms with van der Waals surface area (Å²) in [5.74, 6) is -1.20. The zero-order valence-electron chi connectivity index (χ0n) is 17.1.